The van der Waals surface area contributed by atoms with Crippen LogP contribution in [-0.2, 0) is 13.5 Å². The molecule has 1 aliphatic rings. The lowest BCUT2D eigenvalue weighted by Gasteiger charge is -2.14. The van der Waals surface area contributed by atoms with Crippen LogP contribution < -0.4 is 5.32 Å². The standard InChI is InChI=1S/C19H21N5/c1-12-18(13(2)24(3)23-12)17-10-11-20-19(22-17)21-16-9-8-14-6-4-5-7-15(14)16/h4-7,10-11,16H,8-9H2,1-3H3,(H,20,21,22). The lowest BCUT2D eigenvalue weighted by Crippen LogP contribution is -2.10. The van der Waals surface area contributed by atoms with Crippen molar-refractivity contribution < 1.29 is 0 Å². The van der Waals surface area contributed by atoms with Crippen molar-refractivity contribution in [2.45, 2.75) is 32.7 Å². The van der Waals surface area contributed by atoms with E-state index in [9.17, 15) is 0 Å². The van der Waals surface area contributed by atoms with Crippen LogP contribution in [0.25, 0.3) is 11.3 Å². The van der Waals surface area contributed by atoms with Gasteiger partial charge in [0.25, 0.3) is 0 Å². The Morgan fingerprint density at radius 2 is 2.00 bits per heavy atom. The first-order chi connectivity index (χ1) is 11.6. The van der Waals surface area contributed by atoms with Crippen molar-refractivity contribution in [2.24, 2.45) is 7.05 Å². The zero-order valence-corrected chi connectivity index (χ0v) is 14.2. The molecule has 0 aliphatic heterocycles. The molecule has 1 atom stereocenters. The minimum absolute atomic E-state index is 0.285. The number of aryl methyl sites for hydroxylation is 3. The summed E-state index contributed by atoms with van der Waals surface area (Å²) in [6.45, 7) is 4.09. The minimum atomic E-state index is 0.285. The van der Waals surface area contributed by atoms with E-state index < -0.39 is 0 Å². The van der Waals surface area contributed by atoms with Crippen LogP contribution in [0.5, 0.6) is 0 Å². The van der Waals surface area contributed by atoms with Gasteiger partial charge in [0.15, 0.2) is 0 Å². The van der Waals surface area contributed by atoms with E-state index in [2.05, 4.69) is 46.6 Å². The Bertz CT molecular complexity index is 897. The number of anilines is 1. The highest BCUT2D eigenvalue weighted by atomic mass is 15.3. The molecule has 2 aromatic heterocycles. The van der Waals surface area contributed by atoms with E-state index in [1.165, 1.54) is 11.1 Å². The molecule has 1 aliphatic carbocycles. The van der Waals surface area contributed by atoms with Crippen molar-refractivity contribution in [3.8, 4) is 11.3 Å². The Morgan fingerprint density at radius 1 is 1.17 bits per heavy atom. The molecular formula is C19H21N5. The van der Waals surface area contributed by atoms with Gasteiger partial charge in [-0.25, -0.2) is 9.97 Å². The molecule has 24 heavy (non-hydrogen) atoms. The summed E-state index contributed by atoms with van der Waals surface area (Å²) in [6.07, 6.45) is 4.00. The highest BCUT2D eigenvalue weighted by Crippen LogP contribution is 2.33. The Hall–Kier alpha value is -2.69. The average molecular weight is 319 g/mol. The Balaban J connectivity index is 1.65. The van der Waals surface area contributed by atoms with E-state index in [1.54, 1.807) is 0 Å². The fraction of sp³-hybridized carbons (Fsp3) is 0.316. The molecule has 0 bridgehead atoms. The van der Waals surface area contributed by atoms with Crippen molar-refractivity contribution in [2.75, 3.05) is 5.32 Å². The highest BCUT2D eigenvalue weighted by molar-refractivity contribution is 5.65. The van der Waals surface area contributed by atoms with Crippen LogP contribution in [0.15, 0.2) is 36.5 Å². The van der Waals surface area contributed by atoms with Gasteiger partial charge >= 0.3 is 0 Å². The maximum atomic E-state index is 4.74. The summed E-state index contributed by atoms with van der Waals surface area (Å²) in [6, 6.07) is 10.8. The second-order valence-electron chi connectivity index (χ2n) is 6.37. The molecule has 2 heterocycles. The smallest absolute Gasteiger partial charge is 0.223 e. The zero-order valence-electron chi connectivity index (χ0n) is 14.2. The average Bonchev–Trinajstić information content (AvgIpc) is 3.09. The van der Waals surface area contributed by atoms with Crippen LogP contribution >= 0.6 is 0 Å². The van der Waals surface area contributed by atoms with Gasteiger partial charge in [-0.05, 0) is 43.9 Å². The molecule has 0 spiro atoms. The second kappa shape index (κ2) is 5.74. The SMILES string of the molecule is Cc1nn(C)c(C)c1-c1ccnc(NC2CCc3ccccc32)n1. The van der Waals surface area contributed by atoms with Gasteiger partial charge in [0, 0.05) is 24.5 Å². The quantitative estimate of drug-likeness (QED) is 0.801. The molecule has 0 amide bonds. The number of nitrogens with zero attached hydrogens (tertiary/aromatic N) is 4. The van der Waals surface area contributed by atoms with Gasteiger partial charge < -0.3 is 5.32 Å². The maximum absolute atomic E-state index is 4.74. The number of aromatic nitrogens is 4. The first-order valence-electron chi connectivity index (χ1n) is 8.31. The van der Waals surface area contributed by atoms with E-state index in [1.807, 2.05) is 30.9 Å². The number of hydrogen-bond acceptors (Lipinski definition) is 4. The third kappa shape index (κ3) is 2.46. The van der Waals surface area contributed by atoms with Crippen LogP contribution in [0, 0.1) is 13.8 Å². The molecule has 0 saturated carbocycles. The third-order valence-electron chi connectivity index (χ3n) is 4.86. The van der Waals surface area contributed by atoms with E-state index in [0.717, 1.165) is 35.5 Å². The van der Waals surface area contributed by atoms with Crippen LogP contribution in [0.4, 0.5) is 5.95 Å². The van der Waals surface area contributed by atoms with Crippen LogP contribution in [0.2, 0.25) is 0 Å². The first kappa shape index (κ1) is 14.9. The van der Waals surface area contributed by atoms with E-state index in [0.29, 0.717) is 5.95 Å². The topological polar surface area (TPSA) is 55.6 Å². The molecule has 0 saturated heterocycles. The van der Waals surface area contributed by atoms with Gasteiger partial charge in [0.1, 0.15) is 0 Å². The fourth-order valence-corrected chi connectivity index (χ4v) is 3.57. The van der Waals surface area contributed by atoms with Crippen molar-refractivity contribution in [1.29, 1.82) is 0 Å². The normalized spacial score (nSPS) is 16.2. The molecule has 122 valence electrons. The van der Waals surface area contributed by atoms with Gasteiger partial charge in [0.05, 0.1) is 17.4 Å². The van der Waals surface area contributed by atoms with Crippen LogP contribution in [-0.4, -0.2) is 19.7 Å². The number of benzene rings is 1. The summed E-state index contributed by atoms with van der Waals surface area (Å²) >= 11 is 0. The molecule has 0 radical (unpaired) electrons. The number of rotatable bonds is 3. The molecule has 1 unspecified atom stereocenters. The Labute approximate surface area is 141 Å². The van der Waals surface area contributed by atoms with Gasteiger partial charge in [-0.2, -0.15) is 5.10 Å². The van der Waals surface area contributed by atoms with Gasteiger partial charge in [-0.1, -0.05) is 24.3 Å². The predicted octanol–water partition coefficient (Wildman–Crippen LogP) is 3.59. The number of hydrogen-bond donors (Lipinski definition) is 1. The summed E-state index contributed by atoms with van der Waals surface area (Å²) in [4.78, 5) is 9.16. The molecule has 1 aromatic carbocycles. The first-order valence-corrected chi connectivity index (χ1v) is 8.31. The zero-order chi connectivity index (χ0) is 16.7. The Morgan fingerprint density at radius 3 is 2.79 bits per heavy atom. The van der Waals surface area contributed by atoms with Crippen molar-refractivity contribution in [3.63, 3.8) is 0 Å². The monoisotopic (exact) mass is 319 g/mol. The summed E-state index contributed by atoms with van der Waals surface area (Å²) in [5.74, 6) is 0.678. The van der Waals surface area contributed by atoms with Gasteiger partial charge in [-0.15, -0.1) is 0 Å². The molecule has 0 fully saturated rings. The molecule has 3 aromatic rings. The van der Waals surface area contributed by atoms with Crippen LogP contribution in [0.1, 0.15) is 35.0 Å². The third-order valence-corrected chi connectivity index (χ3v) is 4.86. The van der Waals surface area contributed by atoms with Crippen molar-refractivity contribution in [1.82, 2.24) is 19.7 Å². The second-order valence-corrected chi connectivity index (χ2v) is 6.37. The molecule has 5 nitrogen and oxygen atoms in total. The molecular weight excluding hydrogens is 298 g/mol. The van der Waals surface area contributed by atoms with Crippen molar-refractivity contribution in [3.05, 3.63) is 59.0 Å². The summed E-state index contributed by atoms with van der Waals surface area (Å²) in [5, 5.41) is 7.99. The fourth-order valence-electron chi connectivity index (χ4n) is 3.57. The van der Waals surface area contributed by atoms with E-state index in [-0.39, 0.29) is 6.04 Å². The predicted molar refractivity (Wildman–Crippen MR) is 94.8 cm³/mol. The minimum Gasteiger partial charge on any atom is -0.347 e. The molecule has 4 rings (SSSR count). The summed E-state index contributed by atoms with van der Waals surface area (Å²) < 4.78 is 1.90. The summed E-state index contributed by atoms with van der Waals surface area (Å²) in [7, 11) is 1.96. The molecule has 5 heteroatoms. The lowest BCUT2D eigenvalue weighted by atomic mass is 10.1. The van der Waals surface area contributed by atoms with Crippen molar-refractivity contribution >= 4 is 5.95 Å². The summed E-state index contributed by atoms with van der Waals surface area (Å²) in [5.41, 5.74) is 6.90. The maximum Gasteiger partial charge on any atom is 0.223 e. The number of fused-ring (bicyclic) bond motifs is 1. The largest absolute Gasteiger partial charge is 0.347 e. The van der Waals surface area contributed by atoms with Gasteiger partial charge in [-0.3, -0.25) is 4.68 Å². The van der Waals surface area contributed by atoms with Crippen LogP contribution in [0.3, 0.4) is 0 Å². The number of nitrogens with one attached hydrogen (secondary N) is 1. The van der Waals surface area contributed by atoms with Gasteiger partial charge in [0.2, 0.25) is 5.95 Å². The van der Waals surface area contributed by atoms with E-state index in [4.69, 9.17) is 4.98 Å². The Kier molecular flexibility index (Phi) is 3.56. The molecule has 1 N–H and O–H groups in total. The highest BCUT2D eigenvalue weighted by Gasteiger charge is 2.22. The van der Waals surface area contributed by atoms with E-state index >= 15 is 0 Å². The lowest BCUT2D eigenvalue weighted by molar-refractivity contribution is 0.731.